The van der Waals surface area contributed by atoms with Crippen LogP contribution in [0.2, 0.25) is 0 Å². The van der Waals surface area contributed by atoms with Crippen molar-refractivity contribution in [1.82, 2.24) is 10.2 Å². The number of rotatable bonds is 7. The van der Waals surface area contributed by atoms with Crippen molar-refractivity contribution in [3.63, 3.8) is 0 Å². The summed E-state index contributed by atoms with van der Waals surface area (Å²) < 4.78 is 0. The van der Waals surface area contributed by atoms with Gasteiger partial charge in [-0.05, 0) is 50.6 Å². The van der Waals surface area contributed by atoms with Crippen molar-refractivity contribution in [3.8, 4) is 0 Å². The van der Waals surface area contributed by atoms with Crippen LogP contribution >= 0.6 is 11.3 Å². The highest BCUT2D eigenvalue weighted by atomic mass is 32.1. The predicted octanol–water partition coefficient (Wildman–Crippen LogP) is 4.13. The van der Waals surface area contributed by atoms with Crippen LogP contribution < -0.4 is 5.32 Å². The fourth-order valence-electron chi connectivity index (χ4n) is 3.32. The Bertz CT molecular complexity index is 359. The zero-order chi connectivity index (χ0) is 14.4. The first kappa shape index (κ1) is 16.0. The van der Waals surface area contributed by atoms with Crippen molar-refractivity contribution in [2.75, 3.05) is 13.1 Å². The Balaban J connectivity index is 1.95. The highest BCUT2D eigenvalue weighted by Gasteiger charge is 2.27. The lowest BCUT2D eigenvalue weighted by Crippen LogP contribution is -2.45. The summed E-state index contributed by atoms with van der Waals surface area (Å²) in [5.41, 5.74) is 0. The lowest BCUT2D eigenvalue weighted by Gasteiger charge is -2.37. The second-order valence-corrected chi connectivity index (χ2v) is 7.34. The van der Waals surface area contributed by atoms with Gasteiger partial charge in [-0.25, -0.2) is 0 Å². The molecule has 1 saturated carbocycles. The fraction of sp³-hybridized carbons (Fsp3) is 0.765. The lowest BCUT2D eigenvalue weighted by molar-refractivity contribution is 0.137. The fourth-order valence-corrected chi connectivity index (χ4v) is 4.05. The monoisotopic (exact) mass is 294 g/mol. The van der Waals surface area contributed by atoms with Crippen LogP contribution in [0.5, 0.6) is 0 Å². The molecule has 20 heavy (non-hydrogen) atoms. The number of thiophene rings is 1. The average molecular weight is 295 g/mol. The van der Waals surface area contributed by atoms with Crippen LogP contribution in [0.1, 0.15) is 51.3 Å². The Labute approximate surface area is 128 Å². The maximum Gasteiger partial charge on any atom is 0.0330 e. The van der Waals surface area contributed by atoms with E-state index in [1.54, 1.807) is 0 Å². The number of nitrogens with zero attached hydrogens (tertiary/aromatic N) is 1. The molecule has 2 unspecified atom stereocenters. The molecule has 0 amide bonds. The van der Waals surface area contributed by atoms with Crippen molar-refractivity contribution >= 4 is 11.3 Å². The van der Waals surface area contributed by atoms with Crippen LogP contribution in [0, 0.1) is 5.92 Å². The van der Waals surface area contributed by atoms with Gasteiger partial charge in [0.25, 0.3) is 0 Å². The average Bonchev–Trinajstić information content (AvgIpc) is 2.93. The minimum absolute atomic E-state index is 0.626. The molecular weight excluding hydrogens is 264 g/mol. The van der Waals surface area contributed by atoms with Gasteiger partial charge >= 0.3 is 0 Å². The molecule has 1 aliphatic rings. The topological polar surface area (TPSA) is 15.3 Å². The van der Waals surface area contributed by atoms with Gasteiger partial charge in [0.2, 0.25) is 0 Å². The molecule has 2 rings (SSSR count). The normalized spacial score (nSPS) is 23.6. The minimum Gasteiger partial charge on any atom is -0.314 e. The van der Waals surface area contributed by atoms with Gasteiger partial charge in [0.1, 0.15) is 0 Å². The van der Waals surface area contributed by atoms with Gasteiger partial charge in [0.05, 0.1) is 0 Å². The molecule has 114 valence electrons. The van der Waals surface area contributed by atoms with Gasteiger partial charge in [0, 0.05) is 30.1 Å². The molecular formula is C17H30N2S. The summed E-state index contributed by atoms with van der Waals surface area (Å²) in [6.07, 6.45) is 5.58. The van der Waals surface area contributed by atoms with Crippen LogP contribution in [0.25, 0.3) is 0 Å². The van der Waals surface area contributed by atoms with E-state index in [4.69, 9.17) is 0 Å². The van der Waals surface area contributed by atoms with Crippen molar-refractivity contribution in [2.45, 2.75) is 65.1 Å². The third kappa shape index (κ3) is 4.57. The number of hydrogen-bond acceptors (Lipinski definition) is 3. The maximum atomic E-state index is 3.71. The van der Waals surface area contributed by atoms with Gasteiger partial charge in [-0.1, -0.05) is 25.8 Å². The zero-order valence-corrected chi connectivity index (χ0v) is 14.1. The van der Waals surface area contributed by atoms with E-state index in [2.05, 4.69) is 48.5 Å². The third-order valence-corrected chi connectivity index (χ3v) is 5.37. The van der Waals surface area contributed by atoms with E-state index in [1.807, 2.05) is 11.3 Å². The first-order chi connectivity index (χ1) is 9.70. The molecule has 0 saturated heterocycles. The largest absolute Gasteiger partial charge is 0.314 e. The molecule has 0 aliphatic heterocycles. The molecule has 3 heteroatoms. The number of nitrogens with one attached hydrogen (secondary N) is 1. The van der Waals surface area contributed by atoms with Crippen molar-refractivity contribution in [3.05, 3.63) is 22.4 Å². The van der Waals surface area contributed by atoms with E-state index in [0.29, 0.717) is 6.04 Å². The van der Waals surface area contributed by atoms with E-state index >= 15 is 0 Å². The van der Waals surface area contributed by atoms with Crippen LogP contribution in [0.3, 0.4) is 0 Å². The van der Waals surface area contributed by atoms with Crippen LogP contribution in [-0.2, 0) is 6.54 Å². The van der Waals surface area contributed by atoms with Gasteiger partial charge < -0.3 is 5.32 Å². The smallest absolute Gasteiger partial charge is 0.0330 e. The summed E-state index contributed by atoms with van der Waals surface area (Å²) in [5, 5.41) is 5.90. The summed E-state index contributed by atoms with van der Waals surface area (Å²) in [7, 11) is 0. The standard InChI is InChI=1S/C17H30N2S/c1-4-18-17-10-6-5-8-15(17)12-19(14(2)3)13-16-9-7-11-20-16/h7,9,11,14-15,17-18H,4-6,8,10,12-13H2,1-3H3. The molecule has 0 aromatic carbocycles. The Morgan fingerprint density at radius 1 is 1.35 bits per heavy atom. The number of hydrogen-bond donors (Lipinski definition) is 1. The first-order valence-electron chi connectivity index (χ1n) is 8.20. The van der Waals surface area contributed by atoms with Gasteiger partial charge in [-0.3, -0.25) is 4.90 Å². The van der Waals surface area contributed by atoms with Gasteiger partial charge in [0.15, 0.2) is 0 Å². The molecule has 0 spiro atoms. The van der Waals surface area contributed by atoms with E-state index in [0.717, 1.165) is 25.0 Å². The summed E-state index contributed by atoms with van der Waals surface area (Å²) in [6.45, 7) is 10.4. The minimum atomic E-state index is 0.626. The third-order valence-electron chi connectivity index (χ3n) is 4.51. The van der Waals surface area contributed by atoms with Crippen LogP contribution in [0.15, 0.2) is 17.5 Å². The zero-order valence-electron chi connectivity index (χ0n) is 13.3. The summed E-state index contributed by atoms with van der Waals surface area (Å²) >= 11 is 1.88. The van der Waals surface area contributed by atoms with E-state index < -0.39 is 0 Å². The van der Waals surface area contributed by atoms with Crippen LogP contribution in [0.4, 0.5) is 0 Å². The van der Waals surface area contributed by atoms with Crippen molar-refractivity contribution < 1.29 is 0 Å². The first-order valence-corrected chi connectivity index (χ1v) is 9.08. The molecule has 0 radical (unpaired) electrons. The summed E-state index contributed by atoms with van der Waals surface area (Å²) in [5.74, 6) is 0.825. The Morgan fingerprint density at radius 3 is 2.80 bits per heavy atom. The maximum absolute atomic E-state index is 3.71. The molecule has 1 fully saturated rings. The van der Waals surface area contributed by atoms with Gasteiger partial charge in [-0.2, -0.15) is 0 Å². The van der Waals surface area contributed by atoms with E-state index in [-0.39, 0.29) is 0 Å². The molecule has 0 bridgehead atoms. The summed E-state index contributed by atoms with van der Waals surface area (Å²) in [4.78, 5) is 4.15. The molecule has 2 atom stereocenters. The van der Waals surface area contributed by atoms with E-state index in [9.17, 15) is 0 Å². The second kappa shape index (κ2) is 8.16. The molecule has 1 heterocycles. The summed E-state index contributed by atoms with van der Waals surface area (Å²) in [6, 6.07) is 5.79. The Morgan fingerprint density at radius 2 is 2.15 bits per heavy atom. The molecule has 1 aromatic heterocycles. The van der Waals surface area contributed by atoms with Crippen LogP contribution in [-0.4, -0.2) is 30.1 Å². The highest BCUT2D eigenvalue weighted by molar-refractivity contribution is 7.09. The second-order valence-electron chi connectivity index (χ2n) is 6.31. The predicted molar refractivity (Wildman–Crippen MR) is 89.3 cm³/mol. The van der Waals surface area contributed by atoms with E-state index in [1.165, 1.54) is 37.1 Å². The molecule has 1 aromatic rings. The molecule has 1 N–H and O–H groups in total. The molecule has 2 nitrogen and oxygen atoms in total. The van der Waals surface area contributed by atoms with Crippen molar-refractivity contribution in [1.29, 1.82) is 0 Å². The lowest BCUT2D eigenvalue weighted by atomic mass is 9.84. The van der Waals surface area contributed by atoms with Crippen molar-refractivity contribution in [2.24, 2.45) is 5.92 Å². The quantitative estimate of drug-likeness (QED) is 0.813. The SMILES string of the molecule is CCNC1CCCCC1CN(Cc1cccs1)C(C)C. The highest BCUT2D eigenvalue weighted by Crippen LogP contribution is 2.27. The Kier molecular flexibility index (Phi) is 6.53. The molecule has 1 aliphatic carbocycles. The van der Waals surface area contributed by atoms with Gasteiger partial charge in [-0.15, -0.1) is 11.3 Å². The Hall–Kier alpha value is -0.380.